The van der Waals surface area contributed by atoms with Gasteiger partial charge in [0, 0.05) is 24.7 Å². The van der Waals surface area contributed by atoms with Gasteiger partial charge < -0.3 is 10.6 Å². The maximum absolute atomic E-state index is 13.1. The van der Waals surface area contributed by atoms with Crippen molar-refractivity contribution in [2.24, 2.45) is 11.1 Å². The van der Waals surface area contributed by atoms with Crippen molar-refractivity contribution in [3.63, 3.8) is 0 Å². The second kappa shape index (κ2) is 8.65. The Morgan fingerprint density at radius 3 is 2.50 bits per heavy atom. The molecule has 4 nitrogen and oxygen atoms in total. The van der Waals surface area contributed by atoms with E-state index in [1.165, 1.54) is 23.5 Å². The van der Waals surface area contributed by atoms with Crippen molar-refractivity contribution in [2.75, 3.05) is 13.1 Å². The molecule has 1 atom stereocenters. The molecule has 1 unspecified atom stereocenters. The molecule has 0 spiro atoms. The summed E-state index contributed by atoms with van der Waals surface area (Å²) >= 11 is 1.37. The van der Waals surface area contributed by atoms with Gasteiger partial charge in [-0.1, -0.05) is 13.8 Å². The van der Waals surface area contributed by atoms with Crippen molar-refractivity contribution in [1.29, 1.82) is 0 Å². The second-order valence-corrected chi connectivity index (χ2v) is 8.05. The van der Waals surface area contributed by atoms with E-state index in [9.17, 15) is 9.18 Å². The van der Waals surface area contributed by atoms with E-state index in [2.05, 4.69) is 18.8 Å². The van der Waals surface area contributed by atoms with Crippen LogP contribution >= 0.6 is 36.2 Å². The van der Waals surface area contributed by atoms with Crippen LogP contribution in [0, 0.1) is 18.2 Å². The fourth-order valence-corrected chi connectivity index (χ4v) is 4.04. The third-order valence-corrected chi connectivity index (χ3v) is 5.88. The van der Waals surface area contributed by atoms with Gasteiger partial charge in [0.1, 0.15) is 15.7 Å². The molecule has 0 bridgehead atoms. The van der Waals surface area contributed by atoms with Crippen molar-refractivity contribution in [3.8, 4) is 10.6 Å². The summed E-state index contributed by atoms with van der Waals surface area (Å²) < 4.78 is 13.1. The number of amides is 1. The van der Waals surface area contributed by atoms with Crippen LogP contribution in [0.1, 0.15) is 35.6 Å². The highest BCUT2D eigenvalue weighted by Gasteiger charge is 2.36. The molecule has 0 saturated carbocycles. The summed E-state index contributed by atoms with van der Waals surface area (Å²) in [5.41, 5.74) is 7.61. The minimum atomic E-state index is -0.282. The summed E-state index contributed by atoms with van der Waals surface area (Å²) in [6, 6.07) is 6.29. The van der Waals surface area contributed by atoms with Crippen LogP contribution < -0.4 is 5.73 Å². The van der Waals surface area contributed by atoms with Crippen LogP contribution in [0.15, 0.2) is 24.3 Å². The summed E-state index contributed by atoms with van der Waals surface area (Å²) in [6.07, 6.45) is 0.807. The molecule has 1 aliphatic rings. The second-order valence-electron chi connectivity index (χ2n) is 7.05. The highest BCUT2D eigenvalue weighted by atomic mass is 35.5. The van der Waals surface area contributed by atoms with Gasteiger partial charge in [-0.05, 0) is 43.0 Å². The first-order chi connectivity index (χ1) is 11.3. The van der Waals surface area contributed by atoms with Gasteiger partial charge in [-0.25, -0.2) is 9.37 Å². The fraction of sp³-hybridized carbons (Fsp3) is 0.444. The van der Waals surface area contributed by atoms with E-state index < -0.39 is 0 Å². The molecule has 144 valence electrons. The maximum atomic E-state index is 13.1. The third kappa shape index (κ3) is 4.55. The summed E-state index contributed by atoms with van der Waals surface area (Å²) in [6.45, 7) is 7.36. The van der Waals surface area contributed by atoms with Gasteiger partial charge in [0.2, 0.25) is 0 Å². The average molecular weight is 420 g/mol. The zero-order valence-electron chi connectivity index (χ0n) is 15.0. The van der Waals surface area contributed by atoms with Gasteiger partial charge in [0.25, 0.3) is 5.91 Å². The number of thiazole rings is 1. The molecular weight excluding hydrogens is 396 g/mol. The van der Waals surface area contributed by atoms with Gasteiger partial charge in [-0.15, -0.1) is 36.2 Å². The predicted molar refractivity (Wildman–Crippen MR) is 109 cm³/mol. The number of nitrogens with two attached hydrogens (primary N) is 1. The molecule has 0 aliphatic carbocycles. The van der Waals surface area contributed by atoms with Crippen molar-refractivity contribution >= 4 is 42.1 Å². The molecule has 26 heavy (non-hydrogen) atoms. The Balaban J connectivity index is 0.00000169. The molecule has 2 aromatic rings. The lowest BCUT2D eigenvalue weighted by Gasteiger charge is -2.42. The Labute approximate surface area is 169 Å². The minimum absolute atomic E-state index is 0. The number of hydrogen-bond donors (Lipinski definition) is 1. The molecule has 1 fully saturated rings. The lowest BCUT2D eigenvalue weighted by atomic mass is 9.79. The number of carbonyl (C=O) groups excluding carboxylic acids is 1. The van der Waals surface area contributed by atoms with Crippen LogP contribution in [0.3, 0.4) is 0 Å². The van der Waals surface area contributed by atoms with Gasteiger partial charge in [-0.3, -0.25) is 4.79 Å². The molecule has 2 N–H and O–H groups in total. The van der Waals surface area contributed by atoms with E-state index in [4.69, 9.17) is 5.73 Å². The zero-order valence-corrected chi connectivity index (χ0v) is 17.4. The fourth-order valence-electron chi connectivity index (χ4n) is 3.00. The molecule has 1 aromatic heterocycles. The predicted octanol–water partition coefficient (Wildman–Crippen LogP) is 4.30. The number of aromatic nitrogens is 1. The molecule has 2 heterocycles. The molecule has 1 saturated heterocycles. The van der Waals surface area contributed by atoms with Crippen LogP contribution in [-0.2, 0) is 0 Å². The SMILES string of the molecule is Cc1nc(-c2ccc(F)cc2)sc1C(=O)N1CCC(N)C(C)(C)C1.Cl.Cl. The number of aryl methyl sites for hydroxylation is 1. The lowest BCUT2D eigenvalue weighted by molar-refractivity contribution is 0.0536. The quantitative estimate of drug-likeness (QED) is 0.788. The molecule has 1 aromatic carbocycles. The number of likely N-dealkylation sites (tertiary alicyclic amines) is 1. The van der Waals surface area contributed by atoms with E-state index in [0.29, 0.717) is 18.0 Å². The number of benzene rings is 1. The summed E-state index contributed by atoms with van der Waals surface area (Å²) in [5, 5.41) is 0.740. The van der Waals surface area contributed by atoms with E-state index in [0.717, 1.165) is 22.7 Å². The lowest BCUT2D eigenvalue weighted by Crippen LogP contribution is -2.53. The molecule has 0 radical (unpaired) electrons. The summed E-state index contributed by atoms with van der Waals surface area (Å²) in [4.78, 5) is 19.9. The van der Waals surface area contributed by atoms with Crippen molar-refractivity contribution < 1.29 is 9.18 Å². The summed E-state index contributed by atoms with van der Waals surface area (Å²) in [7, 11) is 0. The standard InChI is InChI=1S/C18H22FN3OS.2ClH/c1-11-15(17(23)22-9-8-14(20)18(2,3)10-22)24-16(21-11)12-4-6-13(19)7-5-12;;/h4-7,14H,8-10,20H2,1-3H3;2*1H. The first-order valence-electron chi connectivity index (χ1n) is 8.06. The number of nitrogens with zero attached hydrogens (tertiary/aromatic N) is 2. The molecule has 8 heteroatoms. The van der Waals surface area contributed by atoms with Crippen molar-refractivity contribution in [3.05, 3.63) is 40.7 Å². The van der Waals surface area contributed by atoms with E-state index >= 15 is 0 Å². The zero-order chi connectivity index (χ0) is 17.5. The Hall–Kier alpha value is -1.21. The van der Waals surface area contributed by atoms with Crippen LogP contribution in [0.4, 0.5) is 4.39 Å². The van der Waals surface area contributed by atoms with E-state index in [-0.39, 0.29) is 48.0 Å². The van der Waals surface area contributed by atoms with Crippen LogP contribution in [0.25, 0.3) is 10.6 Å². The Bertz CT molecular complexity index is 764. The van der Waals surface area contributed by atoms with Crippen LogP contribution in [0.5, 0.6) is 0 Å². The first kappa shape index (κ1) is 22.8. The van der Waals surface area contributed by atoms with Crippen LogP contribution in [0.2, 0.25) is 0 Å². The Kier molecular flexibility index (Phi) is 7.60. The number of hydrogen-bond acceptors (Lipinski definition) is 4. The minimum Gasteiger partial charge on any atom is -0.337 e. The third-order valence-electron chi connectivity index (χ3n) is 4.68. The number of piperidine rings is 1. The Morgan fingerprint density at radius 1 is 1.31 bits per heavy atom. The van der Waals surface area contributed by atoms with Gasteiger partial charge >= 0.3 is 0 Å². The number of carbonyl (C=O) groups is 1. The highest BCUT2D eigenvalue weighted by Crippen LogP contribution is 2.32. The smallest absolute Gasteiger partial charge is 0.265 e. The van der Waals surface area contributed by atoms with Crippen LogP contribution in [-0.4, -0.2) is 34.9 Å². The normalized spacial score (nSPS) is 18.7. The maximum Gasteiger partial charge on any atom is 0.265 e. The molecular formula is C18H24Cl2FN3OS. The topological polar surface area (TPSA) is 59.2 Å². The number of halogens is 3. The molecule has 1 amide bonds. The van der Waals surface area contributed by atoms with E-state index in [1.807, 2.05) is 11.8 Å². The van der Waals surface area contributed by atoms with Crippen molar-refractivity contribution in [1.82, 2.24) is 9.88 Å². The van der Waals surface area contributed by atoms with Gasteiger partial charge in [0.05, 0.1) is 5.69 Å². The average Bonchev–Trinajstić information content (AvgIpc) is 2.92. The largest absolute Gasteiger partial charge is 0.337 e. The van der Waals surface area contributed by atoms with Gasteiger partial charge in [-0.2, -0.15) is 0 Å². The van der Waals surface area contributed by atoms with Crippen molar-refractivity contribution in [2.45, 2.75) is 33.2 Å². The Morgan fingerprint density at radius 2 is 1.92 bits per heavy atom. The molecule has 1 aliphatic heterocycles. The van der Waals surface area contributed by atoms with E-state index in [1.54, 1.807) is 12.1 Å². The van der Waals surface area contributed by atoms with Gasteiger partial charge in [0.15, 0.2) is 0 Å². The summed E-state index contributed by atoms with van der Waals surface area (Å²) in [5.74, 6) is -0.270. The monoisotopic (exact) mass is 419 g/mol. The molecule has 3 rings (SSSR count). The number of rotatable bonds is 2. The highest BCUT2D eigenvalue weighted by molar-refractivity contribution is 7.17. The first-order valence-corrected chi connectivity index (χ1v) is 8.88.